The van der Waals surface area contributed by atoms with Crippen LogP contribution in [0, 0.1) is 5.41 Å². The number of methoxy groups -OCH3 is 1. The molecule has 0 radical (unpaired) electrons. The highest BCUT2D eigenvalue weighted by molar-refractivity contribution is 5.74. The minimum Gasteiger partial charge on any atom is -0.481 e. The number of hydrogen-bond donors (Lipinski definition) is 2. The molecule has 0 amide bonds. The molecule has 1 heterocycles. The number of aliphatic hydroxyl groups excluding tert-OH is 1. The number of carbonyl (C=O) groups is 1. The zero-order valence-corrected chi connectivity index (χ0v) is 11.6. The number of rotatable bonds is 8. The largest absolute Gasteiger partial charge is 0.481 e. The summed E-state index contributed by atoms with van der Waals surface area (Å²) in [6.45, 7) is 3.28. The maximum Gasteiger partial charge on any atom is 0.309 e. The van der Waals surface area contributed by atoms with Crippen LogP contribution in [0.4, 0.5) is 0 Å². The van der Waals surface area contributed by atoms with Gasteiger partial charge in [0.05, 0.1) is 30.8 Å². The van der Waals surface area contributed by atoms with E-state index in [0.717, 1.165) is 0 Å². The lowest BCUT2D eigenvalue weighted by atomic mass is 9.76. The third kappa shape index (κ3) is 5.06. The van der Waals surface area contributed by atoms with Crippen molar-refractivity contribution in [2.45, 2.75) is 38.4 Å². The van der Waals surface area contributed by atoms with Crippen molar-refractivity contribution >= 4 is 5.97 Å². The average Bonchev–Trinajstić information content (AvgIpc) is 2.38. The van der Waals surface area contributed by atoms with Crippen molar-refractivity contribution in [1.82, 2.24) is 0 Å². The fraction of sp³-hybridized carbons (Fsp3) is 0.923. The van der Waals surface area contributed by atoms with Gasteiger partial charge >= 0.3 is 5.97 Å². The monoisotopic (exact) mass is 276 g/mol. The molecule has 1 aliphatic heterocycles. The molecule has 19 heavy (non-hydrogen) atoms. The lowest BCUT2D eigenvalue weighted by Crippen LogP contribution is -2.41. The summed E-state index contributed by atoms with van der Waals surface area (Å²) in [6.07, 6.45) is 0.175. The van der Waals surface area contributed by atoms with Gasteiger partial charge in [-0.25, -0.2) is 0 Å². The number of aliphatic carboxylic acids is 1. The van der Waals surface area contributed by atoms with Crippen molar-refractivity contribution in [2.75, 3.05) is 33.5 Å². The summed E-state index contributed by atoms with van der Waals surface area (Å²) in [5, 5.41) is 19.3. The van der Waals surface area contributed by atoms with Gasteiger partial charge in [0.1, 0.15) is 0 Å². The highest BCUT2D eigenvalue weighted by Gasteiger charge is 2.41. The molecule has 0 saturated carbocycles. The van der Waals surface area contributed by atoms with Crippen LogP contribution < -0.4 is 0 Å². The molecule has 1 saturated heterocycles. The van der Waals surface area contributed by atoms with E-state index in [0.29, 0.717) is 32.7 Å². The first kappa shape index (κ1) is 16.4. The summed E-state index contributed by atoms with van der Waals surface area (Å²) in [4.78, 5) is 11.4. The molecule has 0 bridgehead atoms. The number of carboxylic acid groups (broad SMARTS) is 1. The number of aliphatic hydroxyl groups is 1. The smallest absolute Gasteiger partial charge is 0.309 e. The fourth-order valence-corrected chi connectivity index (χ4v) is 2.34. The first-order chi connectivity index (χ1) is 9.00. The maximum atomic E-state index is 11.4. The Balaban J connectivity index is 2.43. The van der Waals surface area contributed by atoms with Crippen molar-refractivity contribution in [1.29, 1.82) is 0 Å². The first-order valence-corrected chi connectivity index (χ1v) is 6.60. The van der Waals surface area contributed by atoms with Crippen molar-refractivity contribution < 1.29 is 29.2 Å². The standard InChI is InChI=1S/C13H24O6/c1-10(8-17-2)19-9-11(14)7-13(12(15)16)3-5-18-6-4-13/h10-11,14H,3-9H2,1-2H3,(H,15,16). The Hall–Kier alpha value is -0.690. The van der Waals surface area contributed by atoms with Crippen LogP contribution in [0.15, 0.2) is 0 Å². The Bertz CT molecular complexity index is 274. The molecule has 1 fully saturated rings. The molecular formula is C13H24O6. The molecule has 0 aromatic heterocycles. The van der Waals surface area contributed by atoms with E-state index in [2.05, 4.69) is 0 Å². The van der Waals surface area contributed by atoms with Gasteiger partial charge in [-0.05, 0) is 26.2 Å². The molecule has 0 spiro atoms. The third-order valence-electron chi connectivity index (χ3n) is 3.50. The van der Waals surface area contributed by atoms with Crippen molar-refractivity contribution in [3.63, 3.8) is 0 Å². The Kier molecular flexibility index (Phi) is 6.71. The predicted molar refractivity (Wildman–Crippen MR) is 68.0 cm³/mol. The quantitative estimate of drug-likeness (QED) is 0.678. The average molecular weight is 276 g/mol. The van der Waals surface area contributed by atoms with Crippen molar-refractivity contribution in [3.8, 4) is 0 Å². The minimum atomic E-state index is -0.883. The molecule has 6 nitrogen and oxygen atoms in total. The highest BCUT2D eigenvalue weighted by Crippen LogP contribution is 2.35. The van der Waals surface area contributed by atoms with Crippen molar-refractivity contribution in [3.05, 3.63) is 0 Å². The van der Waals surface area contributed by atoms with Gasteiger partial charge in [-0.3, -0.25) is 4.79 Å². The summed E-state index contributed by atoms with van der Waals surface area (Å²) in [5.74, 6) is -0.861. The zero-order chi connectivity index (χ0) is 14.3. The molecule has 6 heteroatoms. The second kappa shape index (κ2) is 7.79. The van der Waals surface area contributed by atoms with Crippen LogP contribution in [0.2, 0.25) is 0 Å². The van der Waals surface area contributed by atoms with Gasteiger partial charge in [-0.15, -0.1) is 0 Å². The molecule has 2 atom stereocenters. The van der Waals surface area contributed by atoms with Gasteiger partial charge in [0.2, 0.25) is 0 Å². The lowest BCUT2D eigenvalue weighted by Gasteiger charge is -2.34. The normalized spacial score (nSPS) is 21.8. The Morgan fingerprint density at radius 2 is 2.00 bits per heavy atom. The van der Waals surface area contributed by atoms with Crippen LogP contribution in [-0.4, -0.2) is 61.9 Å². The molecule has 0 aliphatic carbocycles. The molecule has 1 aliphatic rings. The summed E-state index contributed by atoms with van der Waals surface area (Å²) in [6, 6.07) is 0. The number of ether oxygens (including phenoxy) is 3. The SMILES string of the molecule is COCC(C)OCC(O)CC1(C(=O)O)CCOCC1. The molecule has 0 aromatic carbocycles. The van der Waals surface area contributed by atoms with E-state index in [1.807, 2.05) is 6.92 Å². The Morgan fingerprint density at radius 1 is 1.37 bits per heavy atom. The Labute approximate surface area is 113 Å². The van der Waals surface area contributed by atoms with E-state index in [-0.39, 0.29) is 19.1 Å². The third-order valence-corrected chi connectivity index (χ3v) is 3.50. The first-order valence-electron chi connectivity index (χ1n) is 6.60. The molecular weight excluding hydrogens is 252 g/mol. The second-order valence-corrected chi connectivity index (χ2v) is 5.16. The minimum absolute atomic E-state index is 0.116. The van der Waals surface area contributed by atoms with Crippen LogP contribution in [0.25, 0.3) is 0 Å². The Morgan fingerprint density at radius 3 is 2.53 bits per heavy atom. The van der Waals surface area contributed by atoms with E-state index in [1.54, 1.807) is 7.11 Å². The van der Waals surface area contributed by atoms with Crippen LogP contribution >= 0.6 is 0 Å². The molecule has 2 N–H and O–H groups in total. The van der Waals surface area contributed by atoms with Crippen LogP contribution in [0.3, 0.4) is 0 Å². The van der Waals surface area contributed by atoms with Gasteiger partial charge in [-0.1, -0.05) is 0 Å². The topological polar surface area (TPSA) is 85.2 Å². The van der Waals surface area contributed by atoms with Gasteiger partial charge in [0.25, 0.3) is 0 Å². The molecule has 112 valence electrons. The van der Waals surface area contributed by atoms with E-state index >= 15 is 0 Å². The molecule has 1 rings (SSSR count). The van der Waals surface area contributed by atoms with E-state index in [9.17, 15) is 15.0 Å². The van der Waals surface area contributed by atoms with Crippen LogP contribution in [0.5, 0.6) is 0 Å². The van der Waals surface area contributed by atoms with E-state index < -0.39 is 17.5 Å². The van der Waals surface area contributed by atoms with E-state index in [4.69, 9.17) is 14.2 Å². The summed E-state index contributed by atoms with van der Waals surface area (Å²) in [5.41, 5.74) is -0.883. The molecule has 0 aromatic rings. The predicted octanol–water partition coefficient (Wildman–Crippen LogP) is 0.670. The molecule has 2 unspecified atom stereocenters. The maximum absolute atomic E-state index is 11.4. The summed E-state index contributed by atoms with van der Waals surface area (Å²) < 4.78 is 15.5. The second-order valence-electron chi connectivity index (χ2n) is 5.16. The zero-order valence-electron chi connectivity index (χ0n) is 11.6. The van der Waals surface area contributed by atoms with Gasteiger partial charge in [0, 0.05) is 20.3 Å². The van der Waals surface area contributed by atoms with E-state index in [1.165, 1.54) is 0 Å². The fourth-order valence-electron chi connectivity index (χ4n) is 2.34. The van der Waals surface area contributed by atoms with Gasteiger partial charge in [-0.2, -0.15) is 0 Å². The highest BCUT2D eigenvalue weighted by atomic mass is 16.5. The van der Waals surface area contributed by atoms with Crippen LogP contribution in [-0.2, 0) is 19.0 Å². The lowest BCUT2D eigenvalue weighted by molar-refractivity contribution is -0.159. The summed E-state index contributed by atoms with van der Waals surface area (Å²) >= 11 is 0. The summed E-state index contributed by atoms with van der Waals surface area (Å²) in [7, 11) is 1.58. The van der Waals surface area contributed by atoms with Gasteiger partial charge < -0.3 is 24.4 Å². The van der Waals surface area contributed by atoms with Crippen LogP contribution in [0.1, 0.15) is 26.2 Å². The number of hydrogen-bond acceptors (Lipinski definition) is 5. The van der Waals surface area contributed by atoms with Gasteiger partial charge in [0.15, 0.2) is 0 Å². The van der Waals surface area contributed by atoms with Crippen molar-refractivity contribution in [2.24, 2.45) is 5.41 Å². The number of carboxylic acids is 1.